The first-order valence-electron chi connectivity index (χ1n) is 3.92. The van der Waals surface area contributed by atoms with Gasteiger partial charge in [-0.15, -0.1) is 0 Å². The van der Waals surface area contributed by atoms with Gasteiger partial charge in [0.2, 0.25) is 0 Å². The molecule has 2 atom stereocenters. The maximum atomic E-state index is 5.86. The molecule has 0 nitrogen and oxygen atoms in total. The summed E-state index contributed by atoms with van der Waals surface area (Å²) >= 11 is 5.86. The number of hydrogen-bond acceptors (Lipinski definition) is 0. The van der Waals surface area contributed by atoms with Gasteiger partial charge in [-0.25, -0.2) is 0 Å². The second-order valence-corrected chi connectivity index (χ2v) is 3.61. The van der Waals surface area contributed by atoms with Crippen LogP contribution in [0.2, 0.25) is 0 Å². The van der Waals surface area contributed by atoms with Crippen LogP contribution in [0.15, 0.2) is 23.3 Å². The molecule has 0 aliphatic heterocycles. The maximum absolute atomic E-state index is 5.86. The summed E-state index contributed by atoms with van der Waals surface area (Å²) < 4.78 is 0. The Morgan fingerprint density at radius 3 is 3.00 bits per heavy atom. The van der Waals surface area contributed by atoms with Crippen molar-refractivity contribution < 1.29 is 0 Å². The standard InChI is InChI=1S/C9H11Cl/c10-9-5-4-7-2-1-3-8(7)6-9/h4-8H,1-3H2. The van der Waals surface area contributed by atoms with E-state index >= 15 is 0 Å². The fourth-order valence-electron chi connectivity index (χ4n) is 1.94. The minimum absolute atomic E-state index is 0.762. The van der Waals surface area contributed by atoms with Gasteiger partial charge in [0.25, 0.3) is 0 Å². The van der Waals surface area contributed by atoms with E-state index < -0.39 is 0 Å². The van der Waals surface area contributed by atoms with Gasteiger partial charge in [-0.2, -0.15) is 0 Å². The van der Waals surface area contributed by atoms with Crippen molar-refractivity contribution in [3.05, 3.63) is 23.3 Å². The van der Waals surface area contributed by atoms with E-state index in [1.54, 1.807) is 0 Å². The summed E-state index contributed by atoms with van der Waals surface area (Å²) in [5.74, 6) is 1.57. The van der Waals surface area contributed by atoms with Crippen LogP contribution < -0.4 is 0 Å². The Morgan fingerprint density at radius 2 is 2.10 bits per heavy atom. The van der Waals surface area contributed by atoms with E-state index in [4.69, 9.17) is 11.6 Å². The molecular weight excluding hydrogens is 144 g/mol. The highest BCUT2D eigenvalue weighted by molar-refractivity contribution is 6.31. The van der Waals surface area contributed by atoms with Gasteiger partial charge in [-0.1, -0.05) is 30.2 Å². The number of fused-ring (bicyclic) bond motifs is 1. The van der Waals surface area contributed by atoms with Gasteiger partial charge in [0, 0.05) is 5.03 Å². The van der Waals surface area contributed by atoms with Crippen LogP contribution in [-0.2, 0) is 0 Å². The highest BCUT2D eigenvalue weighted by Gasteiger charge is 2.25. The van der Waals surface area contributed by atoms with E-state index in [-0.39, 0.29) is 0 Å². The molecule has 10 heavy (non-hydrogen) atoms. The fourth-order valence-corrected chi connectivity index (χ4v) is 2.17. The summed E-state index contributed by atoms with van der Waals surface area (Å²) in [6, 6.07) is 0. The molecule has 0 saturated heterocycles. The van der Waals surface area contributed by atoms with Crippen molar-refractivity contribution in [2.75, 3.05) is 0 Å². The molecule has 0 bridgehead atoms. The van der Waals surface area contributed by atoms with Crippen molar-refractivity contribution in [1.29, 1.82) is 0 Å². The molecule has 0 radical (unpaired) electrons. The molecule has 1 heteroatoms. The van der Waals surface area contributed by atoms with E-state index in [9.17, 15) is 0 Å². The lowest BCUT2D eigenvalue weighted by Crippen LogP contribution is -2.04. The van der Waals surface area contributed by atoms with Crippen LogP contribution in [-0.4, -0.2) is 0 Å². The van der Waals surface area contributed by atoms with Crippen molar-refractivity contribution in [1.82, 2.24) is 0 Å². The summed E-state index contributed by atoms with van der Waals surface area (Å²) in [6.07, 6.45) is 10.6. The molecule has 2 aliphatic carbocycles. The predicted molar refractivity (Wildman–Crippen MR) is 43.9 cm³/mol. The second-order valence-electron chi connectivity index (χ2n) is 3.17. The molecule has 54 valence electrons. The predicted octanol–water partition coefficient (Wildman–Crippen LogP) is 3.10. The molecule has 0 aromatic carbocycles. The third-order valence-electron chi connectivity index (χ3n) is 2.50. The van der Waals surface area contributed by atoms with Gasteiger partial charge < -0.3 is 0 Å². The lowest BCUT2D eigenvalue weighted by atomic mass is 9.92. The summed E-state index contributed by atoms with van der Waals surface area (Å²) in [5, 5.41) is 0.933. The molecule has 1 saturated carbocycles. The Hall–Kier alpha value is -0.230. The van der Waals surface area contributed by atoms with Crippen LogP contribution in [0.3, 0.4) is 0 Å². The van der Waals surface area contributed by atoms with Crippen molar-refractivity contribution >= 4 is 11.6 Å². The van der Waals surface area contributed by atoms with Crippen molar-refractivity contribution in [3.8, 4) is 0 Å². The van der Waals surface area contributed by atoms with E-state index in [0.29, 0.717) is 0 Å². The van der Waals surface area contributed by atoms with Crippen molar-refractivity contribution in [2.45, 2.75) is 19.3 Å². The Balaban J connectivity index is 2.20. The summed E-state index contributed by atoms with van der Waals surface area (Å²) in [7, 11) is 0. The van der Waals surface area contributed by atoms with Crippen LogP contribution in [0.25, 0.3) is 0 Å². The van der Waals surface area contributed by atoms with Gasteiger partial charge in [-0.3, -0.25) is 0 Å². The molecule has 0 amide bonds. The van der Waals surface area contributed by atoms with Crippen LogP contribution in [0.4, 0.5) is 0 Å². The smallest absolute Gasteiger partial charge is 0.0366 e. The first-order valence-corrected chi connectivity index (χ1v) is 4.29. The van der Waals surface area contributed by atoms with Crippen LogP contribution >= 0.6 is 11.6 Å². The zero-order chi connectivity index (χ0) is 6.97. The highest BCUT2D eigenvalue weighted by Crippen LogP contribution is 2.37. The van der Waals surface area contributed by atoms with Gasteiger partial charge >= 0.3 is 0 Å². The minimum atomic E-state index is 0.762. The van der Waals surface area contributed by atoms with Gasteiger partial charge in [-0.05, 0) is 30.8 Å². The lowest BCUT2D eigenvalue weighted by molar-refractivity contribution is 0.551. The second kappa shape index (κ2) is 2.43. The first-order chi connectivity index (χ1) is 4.86. The van der Waals surface area contributed by atoms with Crippen molar-refractivity contribution in [2.24, 2.45) is 11.8 Å². The molecule has 0 aromatic heterocycles. The molecule has 0 spiro atoms. The zero-order valence-corrected chi connectivity index (χ0v) is 6.64. The average Bonchev–Trinajstić information content (AvgIpc) is 2.33. The van der Waals surface area contributed by atoms with Gasteiger partial charge in [0.1, 0.15) is 0 Å². The SMILES string of the molecule is ClC1=CC2CCCC2C=C1. The van der Waals surface area contributed by atoms with E-state index in [0.717, 1.165) is 16.9 Å². The topological polar surface area (TPSA) is 0 Å². The van der Waals surface area contributed by atoms with Crippen LogP contribution in [0, 0.1) is 11.8 Å². The Kier molecular flexibility index (Phi) is 1.57. The molecule has 0 N–H and O–H groups in total. The molecule has 0 heterocycles. The molecule has 2 aliphatic rings. The average molecular weight is 155 g/mol. The van der Waals surface area contributed by atoms with Gasteiger partial charge in [0.05, 0.1) is 0 Å². The third kappa shape index (κ3) is 1.01. The quantitative estimate of drug-likeness (QED) is 0.503. The summed E-state index contributed by atoms with van der Waals surface area (Å²) in [5.41, 5.74) is 0. The zero-order valence-electron chi connectivity index (χ0n) is 5.89. The first kappa shape index (κ1) is 6.48. The van der Waals surface area contributed by atoms with E-state index in [2.05, 4.69) is 12.2 Å². The van der Waals surface area contributed by atoms with E-state index in [1.165, 1.54) is 19.3 Å². The minimum Gasteiger partial charge on any atom is -0.0847 e. The normalized spacial score (nSPS) is 37.5. The largest absolute Gasteiger partial charge is 0.0847 e. The van der Waals surface area contributed by atoms with E-state index in [1.807, 2.05) is 6.08 Å². The molecule has 2 unspecified atom stereocenters. The Labute approximate surface area is 66.6 Å². The molecule has 2 rings (SSSR count). The highest BCUT2D eigenvalue weighted by atomic mass is 35.5. The number of halogens is 1. The van der Waals surface area contributed by atoms with Crippen LogP contribution in [0.5, 0.6) is 0 Å². The Bertz CT molecular complexity index is 191. The van der Waals surface area contributed by atoms with Gasteiger partial charge in [0.15, 0.2) is 0 Å². The number of rotatable bonds is 0. The lowest BCUT2D eigenvalue weighted by Gasteiger charge is -2.15. The third-order valence-corrected chi connectivity index (χ3v) is 2.75. The molecular formula is C9H11Cl. The molecule has 1 fully saturated rings. The van der Waals surface area contributed by atoms with Crippen molar-refractivity contribution in [3.63, 3.8) is 0 Å². The van der Waals surface area contributed by atoms with Crippen LogP contribution in [0.1, 0.15) is 19.3 Å². The fraction of sp³-hybridized carbons (Fsp3) is 0.556. The number of hydrogen-bond donors (Lipinski definition) is 0. The summed E-state index contributed by atoms with van der Waals surface area (Å²) in [6.45, 7) is 0. The molecule has 0 aromatic rings. The summed E-state index contributed by atoms with van der Waals surface area (Å²) in [4.78, 5) is 0. The monoisotopic (exact) mass is 154 g/mol. The number of allylic oxidation sites excluding steroid dienone is 4. The maximum Gasteiger partial charge on any atom is 0.0366 e. The Morgan fingerprint density at radius 1 is 1.30 bits per heavy atom.